The second-order valence-corrected chi connectivity index (χ2v) is 6.17. The van der Waals surface area contributed by atoms with Gasteiger partial charge in [0.25, 0.3) is 5.91 Å². The highest BCUT2D eigenvalue weighted by Gasteiger charge is 2.15. The van der Waals surface area contributed by atoms with Gasteiger partial charge in [-0.25, -0.2) is 0 Å². The number of hydrogen-bond acceptors (Lipinski definition) is 4. The molecule has 4 N–H and O–H groups in total. The van der Waals surface area contributed by atoms with Crippen LogP contribution >= 0.6 is 0 Å². The minimum absolute atomic E-state index is 0.124. The molecule has 0 aliphatic rings. The lowest BCUT2D eigenvalue weighted by atomic mass is 9.99. The quantitative estimate of drug-likeness (QED) is 0.615. The number of aromatic hydroxyl groups is 1. The highest BCUT2D eigenvalue weighted by molar-refractivity contribution is 5.99. The Morgan fingerprint density at radius 3 is 2.29 bits per heavy atom. The first-order chi connectivity index (χ1) is 13.5. The maximum Gasteiger partial charge on any atom is 0.255 e. The van der Waals surface area contributed by atoms with Crippen molar-refractivity contribution in [3.63, 3.8) is 0 Å². The lowest BCUT2D eigenvalue weighted by molar-refractivity contribution is 0.0947. The number of ether oxygens (including phenoxy) is 1. The Morgan fingerprint density at radius 2 is 1.68 bits per heavy atom. The molecule has 0 fully saturated rings. The molecule has 0 saturated carbocycles. The predicted molar refractivity (Wildman–Crippen MR) is 106 cm³/mol. The van der Waals surface area contributed by atoms with Gasteiger partial charge in [0.05, 0.1) is 12.7 Å². The van der Waals surface area contributed by atoms with Crippen LogP contribution in [-0.4, -0.2) is 24.0 Å². The van der Waals surface area contributed by atoms with Crippen molar-refractivity contribution in [1.82, 2.24) is 5.32 Å². The number of rotatable bonds is 6. The summed E-state index contributed by atoms with van der Waals surface area (Å²) >= 11 is 0. The predicted octanol–water partition coefficient (Wildman–Crippen LogP) is 3.10. The Morgan fingerprint density at radius 1 is 1.00 bits per heavy atom. The Balaban J connectivity index is 1.77. The molecule has 0 aromatic heterocycles. The summed E-state index contributed by atoms with van der Waals surface area (Å²) in [6.07, 6.45) is 0. The molecule has 3 rings (SSSR count). The van der Waals surface area contributed by atoms with Gasteiger partial charge in [-0.1, -0.05) is 36.4 Å². The third kappa shape index (κ3) is 4.12. The molecule has 6 nitrogen and oxygen atoms in total. The average molecular weight is 376 g/mol. The monoisotopic (exact) mass is 376 g/mol. The van der Waals surface area contributed by atoms with E-state index in [-0.39, 0.29) is 17.2 Å². The number of nitrogens with two attached hydrogens (primary N) is 1. The third-order valence-corrected chi connectivity index (χ3v) is 4.37. The molecule has 0 spiro atoms. The van der Waals surface area contributed by atoms with E-state index in [1.54, 1.807) is 49.6 Å². The number of amides is 2. The SMILES string of the molecule is COc1ccc(CNC(=O)c2cccc(-c3ccc(C(N)=O)cc3)c2O)cc1. The number of carbonyl (C=O) groups excluding carboxylic acids is 2. The molecule has 2 amide bonds. The van der Waals surface area contributed by atoms with Crippen LogP contribution in [-0.2, 0) is 6.54 Å². The summed E-state index contributed by atoms with van der Waals surface area (Å²) in [7, 11) is 1.59. The zero-order valence-corrected chi connectivity index (χ0v) is 15.3. The van der Waals surface area contributed by atoms with E-state index in [4.69, 9.17) is 10.5 Å². The number of primary amides is 1. The van der Waals surface area contributed by atoms with Crippen LogP contribution in [0.1, 0.15) is 26.3 Å². The zero-order chi connectivity index (χ0) is 20.1. The van der Waals surface area contributed by atoms with Crippen LogP contribution in [0.2, 0.25) is 0 Å². The fourth-order valence-electron chi connectivity index (χ4n) is 2.79. The Kier molecular flexibility index (Phi) is 5.60. The molecule has 0 radical (unpaired) electrons. The summed E-state index contributed by atoms with van der Waals surface area (Å²) in [5.41, 5.74) is 7.86. The summed E-state index contributed by atoms with van der Waals surface area (Å²) in [6, 6.07) is 18.8. The lowest BCUT2D eigenvalue weighted by Crippen LogP contribution is -2.22. The molecule has 0 bridgehead atoms. The molecule has 3 aromatic carbocycles. The molecule has 0 aliphatic carbocycles. The molecule has 0 aliphatic heterocycles. The topological polar surface area (TPSA) is 102 Å². The molecular weight excluding hydrogens is 356 g/mol. The summed E-state index contributed by atoms with van der Waals surface area (Å²) < 4.78 is 5.11. The van der Waals surface area contributed by atoms with Gasteiger partial charge in [-0.3, -0.25) is 9.59 Å². The number of phenols is 1. The molecule has 0 atom stereocenters. The van der Waals surface area contributed by atoms with Crippen molar-refractivity contribution in [1.29, 1.82) is 0 Å². The van der Waals surface area contributed by atoms with E-state index in [0.29, 0.717) is 23.2 Å². The van der Waals surface area contributed by atoms with Gasteiger partial charge >= 0.3 is 0 Å². The number of para-hydroxylation sites is 1. The van der Waals surface area contributed by atoms with Crippen molar-refractivity contribution in [2.45, 2.75) is 6.54 Å². The van der Waals surface area contributed by atoms with E-state index in [1.807, 2.05) is 24.3 Å². The molecule has 6 heteroatoms. The standard InChI is InChI=1S/C22H20N2O4/c1-28-17-11-5-14(6-12-17)13-24-22(27)19-4-2-3-18(20(19)25)15-7-9-16(10-8-15)21(23)26/h2-12,25H,13H2,1H3,(H2,23,26)(H,24,27). The van der Waals surface area contributed by atoms with E-state index < -0.39 is 5.91 Å². The molecular formula is C22H20N2O4. The zero-order valence-electron chi connectivity index (χ0n) is 15.3. The van der Waals surface area contributed by atoms with E-state index >= 15 is 0 Å². The van der Waals surface area contributed by atoms with Crippen molar-refractivity contribution >= 4 is 11.8 Å². The minimum Gasteiger partial charge on any atom is -0.506 e. The summed E-state index contributed by atoms with van der Waals surface area (Å²) in [5, 5.41) is 13.4. The van der Waals surface area contributed by atoms with Crippen molar-refractivity contribution in [2.75, 3.05) is 7.11 Å². The largest absolute Gasteiger partial charge is 0.506 e. The van der Waals surface area contributed by atoms with Gasteiger partial charge in [0, 0.05) is 17.7 Å². The molecule has 0 unspecified atom stereocenters. The molecule has 3 aromatic rings. The van der Waals surface area contributed by atoms with Gasteiger partial charge in [0.1, 0.15) is 11.5 Å². The Bertz CT molecular complexity index is 996. The van der Waals surface area contributed by atoms with Crippen LogP contribution in [0.3, 0.4) is 0 Å². The van der Waals surface area contributed by atoms with Gasteiger partial charge < -0.3 is 20.9 Å². The van der Waals surface area contributed by atoms with E-state index in [2.05, 4.69) is 5.32 Å². The Hall–Kier alpha value is -3.80. The number of methoxy groups -OCH3 is 1. The third-order valence-electron chi connectivity index (χ3n) is 4.37. The second-order valence-electron chi connectivity index (χ2n) is 6.17. The smallest absolute Gasteiger partial charge is 0.255 e. The highest BCUT2D eigenvalue weighted by atomic mass is 16.5. The first-order valence-electron chi connectivity index (χ1n) is 8.63. The first kappa shape index (κ1) is 19.0. The summed E-state index contributed by atoms with van der Waals surface area (Å²) in [5.74, 6) is -0.296. The van der Waals surface area contributed by atoms with Crippen LogP contribution in [0.5, 0.6) is 11.5 Å². The number of nitrogens with one attached hydrogen (secondary N) is 1. The van der Waals surface area contributed by atoms with Crippen LogP contribution < -0.4 is 15.8 Å². The van der Waals surface area contributed by atoms with Gasteiger partial charge in [-0.05, 0) is 41.5 Å². The van der Waals surface area contributed by atoms with E-state index in [0.717, 1.165) is 11.3 Å². The van der Waals surface area contributed by atoms with Crippen molar-refractivity contribution in [3.05, 3.63) is 83.4 Å². The molecule has 28 heavy (non-hydrogen) atoms. The van der Waals surface area contributed by atoms with Crippen LogP contribution in [0, 0.1) is 0 Å². The number of hydrogen-bond donors (Lipinski definition) is 3. The highest BCUT2D eigenvalue weighted by Crippen LogP contribution is 2.32. The normalized spacial score (nSPS) is 10.3. The van der Waals surface area contributed by atoms with Crippen molar-refractivity contribution < 1.29 is 19.4 Å². The fraction of sp³-hybridized carbons (Fsp3) is 0.0909. The summed E-state index contributed by atoms with van der Waals surface area (Å²) in [4.78, 5) is 23.7. The molecule has 142 valence electrons. The Labute approximate surface area is 162 Å². The molecule has 0 heterocycles. The van der Waals surface area contributed by atoms with Crippen LogP contribution in [0.25, 0.3) is 11.1 Å². The second kappa shape index (κ2) is 8.26. The molecule has 0 saturated heterocycles. The van der Waals surface area contributed by atoms with Gasteiger partial charge in [0.15, 0.2) is 0 Å². The van der Waals surface area contributed by atoms with Gasteiger partial charge in [0.2, 0.25) is 5.91 Å². The van der Waals surface area contributed by atoms with Crippen LogP contribution in [0.4, 0.5) is 0 Å². The number of phenolic OH excluding ortho intramolecular Hbond substituents is 1. The fourth-order valence-corrected chi connectivity index (χ4v) is 2.79. The van der Waals surface area contributed by atoms with Crippen molar-refractivity contribution in [3.8, 4) is 22.6 Å². The van der Waals surface area contributed by atoms with Crippen LogP contribution in [0.15, 0.2) is 66.7 Å². The lowest BCUT2D eigenvalue weighted by Gasteiger charge is -2.11. The van der Waals surface area contributed by atoms with E-state index in [9.17, 15) is 14.7 Å². The van der Waals surface area contributed by atoms with Gasteiger partial charge in [-0.2, -0.15) is 0 Å². The van der Waals surface area contributed by atoms with Gasteiger partial charge in [-0.15, -0.1) is 0 Å². The van der Waals surface area contributed by atoms with Crippen molar-refractivity contribution in [2.24, 2.45) is 5.73 Å². The number of carbonyl (C=O) groups is 2. The maximum absolute atomic E-state index is 12.5. The maximum atomic E-state index is 12.5. The first-order valence-corrected chi connectivity index (χ1v) is 8.63. The minimum atomic E-state index is -0.526. The summed E-state index contributed by atoms with van der Waals surface area (Å²) in [6.45, 7) is 0.319. The average Bonchev–Trinajstić information content (AvgIpc) is 2.72. The van der Waals surface area contributed by atoms with E-state index in [1.165, 1.54) is 0 Å². The number of benzene rings is 3.